The molecular weight excluding hydrogens is 376 g/mol. The van der Waals surface area contributed by atoms with Gasteiger partial charge in [0.15, 0.2) is 0 Å². The summed E-state index contributed by atoms with van der Waals surface area (Å²) in [5.74, 6) is -0.0507. The zero-order valence-corrected chi connectivity index (χ0v) is 17.3. The van der Waals surface area contributed by atoms with E-state index in [0.29, 0.717) is 12.1 Å². The topological polar surface area (TPSA) is 66.3 Å². The normalized spacial score (nSPS) is 16.3. The highest BCUT2D eigenvalue weighted by atomic mass is 16.1. The molecule has 0 spiro atoms. The van der Waals surface area contributed by atoms with E-state index in [-0.39, 0.29) is 11.9 Å². The molecule has 1 aliphatic heterocycles. The lowest BCUT2D eigenvalue weighted by Gasteiger charge is -2.35. The van der Waals surface area contributed by atoms with Gasteiger partial charge in [0, 0.05) is 38.3 Å². The van der Waals surface area contributed by atoms with Gasteiger partial charge in [-0.3, -0.25) is 9.69 Å². The minimum absolute atomic E-state index is 0.0445. The second kappa shape index (κ2) is 9.65. The average molecular weight is 405 g/mol. The fourth-order valence-electron chi connectivity index (χ4n) is 3.71. The van der Waals surface area contributed by atoms with Gasteiger partial charge in [0.2, 0.25) is 0 Å². The fraction of sp³-hybridized carbons (Fsp3) is 0.348. The fourth-order valence-corrected chi connectivity index (χ4v) is 3.71. The van der Waals surface area contributed by atoms with Crippen molar-refractivity contribution in [1.82, 2.24) is 29.9 Å². The molecular formula is C23H28N6O. The van der Waals surface area contributed by atoms with Crippen LogP contribution in [0.2, 0.25) is 0 Å². The Morgan fingerprint density at radius 1 is 1.03 bits per heavy atom. The van der Waals surface area contributed by atoms with E-state index in [4.69, 9.17) is 0 Å². The van der Waals surface area contributed by atoms with Crippen molar-refractivity contribution < 1.29 is 4.79 Å². The van der Waals surface area contributed by atoms with Gasteiger partial charge >= 0.3 is 0 Å². The predicted octanol–water partition coefficient (Wildman–Crippen LogP) is 2.04. The molecule has 7 nitrogen and oxygen atoms in total. The quantitative estimate of drug-likeness (QED) is 0.653. The SMILES string of the molecule is CN1CCN(CC(NC(=O)c2ccc(Cn3cncn3)cc2)c2ccccc2)CC1. The van der Waals surface area contributed by atoms with Gasteiger partial charge in [-0.2, -0.15) is 5.10 Å². The van der Waals surface area contributed by atoms with Gasteiger partial charge in [0.05, 0.1) is 12.6 Å². The smallest absolute Gasteiger partial charge is 0.251 e. The highest BCUT2D eigenvalue weighted by Crippen LogP contribution is 2.17. The van der Waals surface area contributed by atoms with Crippen LogP contribution in [0.3, 0.4) is 0 Å². The number of nitrogens with zero attached hydrogens (tertiary/aromatic N) is 5. The third kappa shape index (κ3) is 5.31. The lowest BCUT2D eigenvalue weighted by atomic mass is 10.0. The van der Waals surface area contributed by atoms with Crippen molar-refractivity contribution in [3.8, 4) is 0 Å². The summed E-state index contributed by atoms with van der Waals surface area (Å²) in [7, 11) is 2.15. The van der Waals surface area contributed by atoms with E-state index in [9.17, 15) is 4.79 Å². The molecule has 1 unspecified atom stereocenters. The van der Waals surface area contributed by atoms with Crippen LogP contribution in [0.5, 0.6) is 0 Å². The first kappa shape index (κ1) is 20.3. The molecule has 0 bridgehead atoms. The molecule has 7 heteroatoms. The second-order valence-electron chi connectivity index (χ2n) is 7.83. The van der Waals surface area contributed by atoms with Gasteiger partial charge < -0.3 is 10.2 Å². The number of nitrogens with one attached hydrogen (secondary N) is 1. The molecule has 1 saturated heterocycles. The van der Waals surface area contributed by atoms with Crippen molar-refractivity contribution in [3.63, 3.8) is 0 Å². The molecule has 1 amide bonds. The van der Waals surface area contributed by atoms with Crippen LogP contribution in [0.25, 0.3) is 0 Å². The summed E-state index contributed by atoms with van der Waals surface area (Å²) >= 11 is 0. The summed E-state index contributed by atoms with van der Waals surface area (Å²) in [5.41, 5.74) is 2.87. The van der Waals surface area contributed by atoms with Gasteiger partial charge in [0.25, 0.3) is 5.91 Å². The Kier molecular flexibility index (Phi) is 6.51. The molecule has 1 atom stereocenters. The largest absolute Gasteiger partial charge is 0.344 e. The minimum Gasteiger partial charge on any atom is -0.344 e. The van der Waals surface area contributed by atoms with Gasteiger partial charge in [-0.15, -0.1) is 0 Å². The maximum Gasteiger partial charge on any atom is 0.251 e. The molecule has 0 aliphatic carbocycles. The number of likely N-dealkylation sites (N-methyl/N-ethyl adjacent to an activating group) is 1. The second-order valence-corrected chi connectivity index (χ2v) is 7.83. The molecule has 30 heavy (non-hydrogen) atoms. The van der Waals surface area contributed by atoms with Crippen LogP contribution >= 0.6 is 0 Å². The van der Waals surface area contributed by atoms with E-state index in [1.165, 1.54) is 6.33 Å². The first-order valence-electron chi connectivity index (χ1n) is 10.4. The van der Waals surface area contributed by atoms with Crippen LogP contribution in [0.4, 0.5) is 0 Å². The van der Waals surface area contributed by atoms with Crippen LogP contribution in [0.1, 0.15) is 27.5 Å². The zero-order valence-electron chi connectivity index (χ0n) is 17.3. The Balaban J connectivity index is 1.43. The Hall–Kier alpha value is -3.03. The number of rotatable bonds is 7. The van der Waals surface area contributed by atoms with E-state index in [1.54, 1.807) is 11.0 Å². The standard InChI is InChI=1S/C23H28N6O/c1-27-11-13-28(14-12-27)16-22(20-5-3-2-4-6-20)26-23(30)21-9-7-19(8-10-21)15-29-18-24-17-25-29/h2-10,17-18,22H,11-16H2,1H3,(H,26,30). The molecule has 2 aromatic carbocycles. The van der Waals surface area contributed by atoms with Crippen LogP contribution in [-0.4, -0.2) is 70.2 Å². The zero-order chi connectivity index (χ0) is 20.8. The summed E-state index contributed by atoms with van der Waals surface area (Å²) in [4.78, 5) is 21.7. The summed E-state index contributed by atoms with van der Waals surface area (Å²) in [6, 6.07) is 17.9. The van der Waals surface area contributed by atoms with Gasteiger partial charge in [-0.25, -0.2) is 9.67 Å². The minimum atomic E-state index is -0.0507. The van der Waals surface area contributed by atoms with E-state index in [0.717, 1.165) is 43.9 Å². The lowest BCUT2D eigenvalue weighted by Crippen LogP contribution is -2.47. The molecule has 156 valence electrons. The van der Waals surface area contributed by atoms with E-state index < -0.39 is 0 Å². The number of hydrogen-bond acceptors (Lipinski definition) is 5. The number of aromatic nitrogens is 3. The maximum atomic E-state index is 13.0. The number of benzene rings is 2. The molecule has 0 radical (unpaired) electrons. The number of carbonyl (C=O) groups excluding carboxylic acids is 1. The van der Waals surface area contributed by atoms with Crippen LogP contribution in [0.15, 0.2) is 67.3 Å². The summed E-state index contributed by atoms with van der Waals surface area (Å²) in [6.07, 6.45) is 3.20. The summed E-state index contributed by atoms with van der Waals surface area (Å²) in [5, 5.41) is 7.37. The monoisotopic (exact) mass is 404 g/mol. The molecule has 1 aliphatic rings. The van der Waals surface area contributed by atoms with Crippen molar-refractivity contribution in [2.75, 3.05) is 39.8 Å². The first-order valence-corrected chi connectivity index (χ1v) is 10.4. The molecule has 4 rings (SSSR count). The van der Waals surface area contributed by atoms with Crippen LogP contribution in [-0.2, 0) is 6.54 Å². The van der Waals surface area contributed by atoms with Crippen molar-refractivity contribution >= 4 is 5.91 Å². The average Bonchev–Trinajstić information content (AvgIpc) is 3.29. The predicted molar refractivity (Wildman–Crippen MR) is 116 cm³/mol. The van der Waals surface area contributed by atoms with E-state index in [2.05, 4.69) is 44.4 Å². The van der Waals surface area contributed by atoms with Crippen LogP contribution in [0, 0.1) is 0 Å². The van der Waals surface area contributed by atoms with Crippen molar-refractivity contribution in [1.29, 1.82) is 0 Å². The Bertz CT molecular complexity index is 918. The van der Waals surface area contributed by atoms with Crippen LogP contribution < -0.4 is 5.32 Å². The highest BCUT2D eigenvalue weighted by molar-refractivity contribution is 5.94. The van der Waals surface area contributed by atoms with Gasteiger partial charge in [-0.1, -0.05) is 42.5 Å². The van der Waals surface area contributed by atoms with E-state index >= 15 is 0 Å². The molecule has 1 N–H and O–H groups in total. The molecule has 3 aromatic rings. The Morgan fingerprint density at radius 2 is 1.77 bits per heavy atom. The number of hydrogen-bond donors (Lipinski definition) is 1. The Labute approximate surface area is 177 Å². The summed E-state index contributed by atoms with van der Waals surface area (Å²) in [6.45, 7) is 5.61. The molecule has 0 saturated carbocycles. The molecule has 2 heterocycles. The van der Waals surface area contributed by atoms with Crippen molar-refractivity contribution in [3.05, 3.63) is 83.9 Å². The third-order valence-corrected chi connectivity index (χ3v) is 5.57. The molecule has 1 fully saturated rings. The van der Waals surface area contributed by atoms with Gasteiger partial charge in [0.1, 0.15) is 12.7 Å². The van der Waals surface area contributed by atoms with Crippen molar-refractivity contribution in [2.24, 2.45) is 0 Å². The number of piperazine rings is 1. The van der Waals surface area contributed by atoms with E-state index in [1.807, 2.05) is 42.5 Å². The lowest BCUT2D eigenvalue weighted by molar-refractivity contribution is 0.0907. The summed E-state index contributed by atoms with van der Waals surface area (Å²) < 4.78 is 1.76. The molecule has 1 aromatic heterocycles. The van der Waals surface area contributed by atoms with Crippen molar-refractivity contribution in [2.45, 2.75) is 12.6 Å². The number of carbonyl (C=O) groups is 1. The highest BCUT2D eigenvalue weighted by Gasteiger charge is 2.21. The maximum absolute atomic E-state index is 13.0. The number of amides is 1. The van der Waals surface area contributed by atoms with Gasteiger partial charge in [-0.05, 0) is 30.3 Å². The first-order chi connectivity index (χ1) is 14.7. The third-order valence-electron chi connectivity index (χ3n) is 5.57. The Morgan fingerprint density at radius 3 is 2.43 bits per heavy atom.